The number of amides is 1. The molecule has 1 atom stereocenters. The van der Waals surface area contributed by atoms with Gasteiger partial charge in [-0.05, 0) is 48.2 Å². The Balaban J connectivity index is 2.13. The van der Waals surface area contributed by atoms with Gasteiger partial charge in [-0.2, -0.15) is 0 Å². The van der Waals surface area contributed by atoms with Crippen LogP contribution in [0.15, 0.2) is 36.4 Å². The number of carbonyl (C=O) groups excluding carboxylic acids is 2. The molecular formula is C20H21F2NO3. The van der Waals surface area contributed by atoms with Crippen molar-refractivity contribution in [2.75, 3.05) is 7.11 Å². The first-order chi connectivity index (χ1) is 12.3. The highest BCUT2D eigenvalue weighted by Crippen LogP contribution is 2.16. The summed E-state index contributed by atoms with van der Waals surface area (Å²) in [6.07, 6.45) is 0.117. The van der Waals surface area contributed by atoms with Gasteiger partial charge >= 0.3 is 5.97 Å². The molecule has 0 aliphatic carbocycles. The predicted octanol–water partition coefficient (Wildman–Crippen LogP) is 3.02. The van der Waals surface area contributed by atoms with Gasteiger partial charge in [-0.25, -0.2) is 13.6 Å². The molecule has 2 rings (SSSR count). The minimum atomic E-state index is -1.02. The van der Waals surface area contributed by atoms with Gasteiger partial charge in [0.05, 0.1) is 13.5 Å². The summed E-state index contributed by atoms with van der Waals surface area (Å²) in [6, 6.07) is 8.18. The summed E-state index contributed by atoms with van der Waals surface area (Å²) in [5, 5.41) is 2.62. The molecule has 138 valence electrons. The Labute approximate surface area is 151 Å². The van der Waals surface area contributed by atoms with E-state index in [9.17, 15) is 18.4 Å². The zero-order valence-electron chi connectivity index (χ0n) is 14.9. The summed E-state index contributed by atoms with van der Waals surface area (Å²) in [5.41, 5.74) is 3.29. The van der Waals surface area contributed by atoms with Crippen LogP contribution >= 0.6 is 0 Å². The van der Waals surface area contributed by atoms with E-state index in [0.717, 1.165) is 28.8 Å². The maximum absolute atomic E-state index is 13.3. The lowest BCUT2D eigenvalue weighted by atomic mass is 9.96. The van der Waals surface area contributed by atoms with Crippen LogP contribution in [-0.4, -0.2) is 25.0 Å². The van der Waals surface area contributed by atoms with E-state index < -0.39 is 29.6 Å². The molecule has 2 aromatic rings. The fourth-order valence-electron chi connectivity index (χ4n) is 2.79. The second-order valence-corrected chi connectivity index (χ2v) is 6.14. The normalized spacial score (nSPS) is 11.7. The first-order valence-electron chi connectivity index (χ1n) is 8.18. The molecule has 1 amide bonds. The zero-order valence-corrected chi connectivity index (χ0v) is 14.9. The standard InChI is InChI=1S/C20H21F2NO3/c1-12-5-4-6-13(2)15(12)11-18(20(25)26-3)23-19(24)10-14-7-8-16(21)17(22)9-14/h4-9,18H,10-11H2,1-3H3,(H,23,24)/t18-/m1/s1. The summed E-state index contributed by atoms with van der Waals surface area (Å²) >= 11 is 0. The van der Waals surface area contributed by atoms with Crippen molar-refractivity contribution in [3.63, 3.8) is 0 Å². The number of benzene rings is 2. The van der Waals surface area contributed by atoms with E-state index in [1.54, 1.807) is 0 Å². The molecule has 26 heavy (non-hydrogen) atoms. The molecule has 0 radical (unpaired) electrons. The van der Waals surface area contributed by atoms with E-state index >= 15 is 0 Å². The molecule has 0 unspecified atom stereocenters. The second kappa shape index (κ2) is 8.56. The SMILES string of the molecule is COC(=O)[C@@H](Cc1c(C)cccc1C)NC(=O)Cc1ccc(F)c(F)c1. The van der Waals surface area contributed by atoms with Crippen LogP contribution in [0.5, 0.6) is 0 Å². The number of ether oxygens (including phenoxy) is 1. The van der Waals surface area contributed by atoms with Crippen molar-refractivity contribution in [1.29, 1.82) is 0 Å². The van der Waals surface area contributed by atoms with Gasteiger partial charge in [0.2, 0.25) is 5.91 Å². The number of carbonyl (C=O) groups is 2. The fraction of sp³-hybridized carbons (Fsp3) is 0.300. The van der Waals surface area contributed by atoms with E-state index in [0.29, 0.717) is 5.56 Å². The summed E-state index contributed by atoms with van der Waals surface area (Å²) in [4.78, 5) is 24.3. The highest BCUT2D eigenvalue weighted by atomic mass is 19.2. The Bertz CT molecular complexity index is 800. The molecular weight excluding hydrogens is 340 g/mol. The van der Waals surface area contributed by atoms with Gasteiger partial charge in [-0.1, -0.05) is 24.3 Å². The average molecular weight is 361 g/mol. The molecule has 4 nitrogen and oxygen atoms in total. The van der Waals surface area contributed by atoms with E-state index in [4.69, 9.17) is 4.74 Å². The first-order valence-corrected chi connectivity index (χ1v) is 8.18. The Kier molecular flexibility index (Phi) is 6.44. The van der Waals surface area contributed by atoms with Crippen LogP contribution in [0.1, 0.15) is 22.3 Å². The number of aryl methyl sites for hydroxylation is 2. The summed E-state index contributed by atoms with van der Waals surface area (Å²) < 4.78 is 31.0. The number of methoxy groups -OCH3 is 1. The Morgan fingerprint density at radius 2 is 1.73 bits per heavy atom. The summed E-state index contributed by atoms with van der Waals surface area (Å²) in [7, 11) is 1.25. The maximum atomic E-state index is 13.3. The number of hydrogen-bond acceptors (Lipinski definition) is 3. The van der Waals surface area contributed by atoms with Crippen molar-refractivity contribution in [3.8, 4) is 0 Å². The molecule has 0 spiro atoms. The highest BCUT2D eigenvalue weighted by Gasteiger charge is 2.23. The van der Waals surface area contributed by atoms with Gasteiger partial charge < -0.3 is 10.1 Å². The van der Waals surface area contributed by atoms with Gasteiger partial charge in [0, 0.05) is 6.42 Å². The third-order valence-corrected chi connectivity index (χ3v) is 4.22. The van der Waals surface area contributed by atoms with Crippen molar-refractivity contribution < 1.29 is 23.1 Å². The Morgan fingerprint density at radius 3 is 2.31 bits per heavy atom. The molecule has 0 aromatic heterocycles. The van der Waals surface area contributed by atoms with E-state index in [1.165, 1.54) is 13.2 Å². The quantitative estimate of drug-likeness (QED) is 0.805. The van der Waals surface area contributed by atoms with Gasteiger partial charge in [0.25, 0.3) is 0 Å². The van der Waals surface area contributed by atoms with E-state index in [-0.39, 0.29) is 12.8 Å². The molecule has 6 heteroatoms. The summed E-state index contributed by atoms with van der Waals surface area (Å²) in [5.74, 6) is -3.03. The van der Waals surface area contributed by atoms with Gasteiger partial charge in [0.1, 0.15) is 6.04 Å². The number of esters is 1. The molecule has 1 N–H and O–H groups in total. The van der Waals surface area contributed by atoms with Crippen molar-refractivity contribution in [2.45, 2.75) is 32.7 Å². The summed E-state index contributed by atoms with van der Waals surface area (Å²) in [6.45, 7) is 3.86. The lowest BCUT2D eigenvalue weighted by Gasteiger charge is -2.19. The number of hydrogen-bond donors (Lipinski definition) is 1. The molecule has 0 aliphatic heterocycles. The van der Waals surface area contributed by atoms with E-state index in [1.807, 2.05) is 32.0 Å². The van der Waals surface area contributed by atoms with Crippen LogP contribution in [0, 0.1) is 25.5 Å². The molecule has 0 saturated carbocycles. The molecule has 2 aromatic carbocycles. The topological polar surface area (TPSA) is 55.4 Å². The van der Waals surface area contributed by atoms with Gasteiger partial charge in [0.15, 0.2) is 11.6 Å². The highest BCUT2D eigenvalue weighted by molar-refractivity contribution is 5.85. The van der Waals surface area contributed by atoms with Crippen LogP contribution in [0.4, 0.5) is 8.78 Å². The number of nitrogens with one attached hydrogen (secondary N) is 1. The molecule has 0 saturated heterocycles. The largest absolute Gasteiger partial charge is 0.467 e. The van der Waals surface area contributed by atoms with Gasteiger partial charge in [-0.15, -0.1) is 0 Å². The van der Waals surface area contributed by atoms with Gasteiger partial charge in [-0.3, -0.25) is 4.79 Å². The first kappa shape index (κ1) is 19.6. The number of halogens is 2. The monoisotopic (exact) mass is 361 g/mol. The Hall–Kier alpha value is -2.76. The van der Waals surface area contributed by atoms with Crippen LogP contribution < -0.4 is 5.32 Å². The maximum Gasteiger partial charge on any atom is 0.328 e. The molecule has 0 fully saturated rings. The van der Waals surface area contributed by atoms with Crippen molar-refractivity contribution in [2.24, 2.45) is 0 Å². The second-order valence-electron chi connectivity index (χ2n) is 6.14. The van der Waals surface area contributed by atoms with Crippen molar-refractivity contribution >= 4 is 11.9 Å². The average Bonchev–Trinajstić information content (AvgIpc) is 2.59. The smallest absolute Gasteiger partial charge is 0.328 e. The third-order valence-electron chi connectivity index (χ3n) is 4.22. The van der Waals surface area contributed by atoms with Crippen LogP contribution in [0.2, 0.25) is 0 Å². The minimum absolute atomic E-state index is 0.169. The molecule has 0 aliphatic rings. The lowest BCUT2D eigenvalue weighted by molar-refractivity contribution is -0.145. The molecule has 0 bridgehead atoms. The number of rotatable bonds is 6. The van der Waals surface area contributed by atoms with Crippen LogP contribution in [0.3, 0.4) is 0 Å². The minimum Gasteiger partial charge on any atom is -0.467 e. The zero-order chi connectivity index (χ0) is 19.3. The Morgan fingerprint density at radius 1 is 1.08 bits per heavy atom. The fourth-order valence-corrected chi connectivity index (χ4v) is 2.79. The lowest BCUT2D eigenvalue weighted by Crippen LogP contribution is -2.44. The van der Waals surface area contributed by atoms with Crippen molar-refractivity contribution in [3.05, 3.63) is 70.3 Å². The van der Waals surface area contributed by atoms with Crippen LogP contribution in [0.25, 0.3) is 0 Å². The molecule has 0 heterocycles. The van der Waals surface area contributed by atoms with Crippen molar-refractivity contribution in [1.82, 2.24) is 5.32 Å². The predicted molar refractivity (Wildman–Crippen MR) is 93.6 cm³/mol. The third kappa shape index (κ3) is 4.88. The van der Waals surface area contributed by atoms with E-state index in [2.05, 4.69) is 5.32 Å². The van der Waals surface area contributed by atoms with Crippen LogP contribution in [-0.2, 0) is 27.2 Å².